The molecule has 2 rings (SSSR count). The standard InChI is InChI=1S/C18H19NO5S/c1-10-11(2)25-17(19-12(3)20)16(10)18(22)24-9-15(21)13-6-5-7-14(8-13)23-4/h5-8H,9H2,1-4H3,(H,19,20). The minimum atomic E-state index is -0.637. The van der Waals surface area contributed by atoms with Gasteiger partial charge in [-0.2, -0.15) is 0 Å². The van der Waals surface area contributed by atoms with E-state index in [9.17, 15) is 14.4 Å². The molecule has 0 fully saturated rings. The van der Waals surface area contributed by atoms with Gasteiger partial charge in [0.15, 0.2) is 12.4 Å². The Morgan fingerprint density at radius 3 is 2.56 bits per heavy atom. The van der Waals surface area contributed by atoms with Gasteiger partial charge in [0.2, 0.25) is 5.91 Å². The molecule has 0 aliphatic heterocycles. The molecule has 0 spiro atoms. The normalized spacial score (nSPS) is 10.2. The maximum Gasteiger partial charge on any atom is 0.341 e. The number of carbonyl (C=O) groups is 3. The Labute approximate surface area is 149 Å². The van der Waals surface area contributed by atoms with Crippen LogP contribution in [0.15, 0.2) is 24.3 Å². The van der Waals surface area contributed by atoms with Gasteiger partial charge >= 0.3 is 5.97 Å². The molecular weight excluding hydrogens is 342 g/mol. The average Bonchev–Trinajstić information content (AvgIpc) is 2.85. The van der Waals surface area contributed by atoms with Crippen molar-refractivity contribution in [2.24, 2.45) is 0 Å². The summed E-state index contributed by atoms with van der Waals surface area (Å²) in [4.78, 5) is 36.8. The SMILES string of the molecule is COc1cccc(C(=O)COC(=O)c2c(NC(C)=O)sc(C)c2C)c1. The molecule has 0 saturated carbocycles. The zero-order valence-corrected chi connectivity index (χ0v) is 15.3. The summed E-state index contributed by atoms with van der Waals surface area (Å²) in [6.07, 6.45) is 0. The quantitative estimate of drug-likeness (QED) is 0.630. The molecule has 1 heterocycles. The minimum Gasteiger partial charge on any atom is -0.497 e. The van der Waals surface area contributed by atoms with Crippen LogP contribution < -0.4 is 10.1 Å². The van der Waals surface area contributed by atoms with Gasteiger partial charge < -0.3 is 14.8 Å². The molecule has 2 aromatic rings. The summed E-state index contributed by atoms with van der Waals surface area (Å²) in [5.41, 5.74) is 1.41. The van der Waals surface area contributed by atoms with Crippen LogP contribution in [0.1, 0.15) is 38.1 Å². The lowest BCUT2D eigenvalue weighted by Gasteiger charge is -2.08. The first kappa shape index (κ1) is 18.7. The number of hydrogen-bond acceptors (Lipinski definition) is 6. The van der Waals surface area contributed by atoms with Crippen LogP contribution in [-0.2, 0) is 9.53 Å². The van der Waals surface area contributed by atoms with Crippen LogP contribution in [0.3, 0.4) is 0 Å². The number of aryl methyl sites for hydroxylation is 1. The Hall–Kier alpha value is -2.67. The summed E-state index contributed by atoms with van der Waals surface area (Å²) < 4.78 is 10.2. The predicted octanol–water partition coefficient (Wildman–Crippen LogP) is 3.37. The summed E-state index contributed by atoms with van der Waals surface area (Å²) in [6, 6.07) is 6.62. The van der Waals surface area contributed by atoms with Crippen molar-refractivity contribution < 1.29 is 23.9 Å². The highest BCUT2D eigenvalue weighted by atomic mass is 32.1. The monoisotopic (exact) mass is 361 g/mol. The average molecular weight is 361 g/mol. The number of nitrogens with one attached hydrogen (secondary N) is 1. The van der Waals surface area contributed by atoms with E-state index in [0.717, 1.165) is 10.4 Å². The minimum absolute atomic E-state index is 0.275. The molecule has 0 saturated heterocycles. The number of amides is 1. The fourth-order valence-electron chi connectivity index (χ4n) is 2.20. The summed E-state index contributed by atoms with van der Waals surface area (Å²) in [7, 11) is 1.51. The van der Waals surface area contributed by atoms with Gasteiger partial charge in [-0.1, -0.05) is 12.1 Å². The first-order chi connectivity index (χ1) is 11.8. The fourth-order valence-corrected chi connectivity index (χ4v) is 3.30. The molecule has 0 bridgehead atoms. The fraction of sp³-hybridized carbons (Fsp3) is 0.278. The van der Waals surface area contributed by atoms with Crippen molar-refractivity contribution in [1.29, 1.82) is 0 Å². The van der Waals surface area contributed by atoms with E-state index in [0.29, 0.717) is 16.3 Å². The van der Waals surface area contributed by atoms with Gasteiger partial charge in [0.1, 0.15) is 10.8 Å². The van der Waals surface area contributed by atoms with Gasteiger partial charge in [-0.15, -0.1) is 11.3 Å². The van der Waals surface area contributed by atoms with Crippen molar-refractivity contribution in [3.8, 4) is 5.75 Å². The Morgan fingerprint density at radius 1 is 1.20 bits per heavy atom. The van der Waals surface area contributed by atoms with Gasteiger partial charge in [0.25, 0.3) is 0 Å². The Morgan fingerprint density at radius 2 is 1.92 bits per heavy atom. The molecule has 1 amide bonds. The van der Waals surface area contributed by atoms with E-state index in [-0.39, 0.29) is 23.9 Å². The van der Waals surface area contributed by atoms with Gasteiger partial charge in [0.05, 0.1) is 12.7 Å². The Bertz CT molecular complexity index is 825. The maximum absolute atomic E-state index is 12.4. The number of anilines is 1. The summed E-state index contributed by atoms with van der Waals surface area (Å²) >= 11 is 1.30. The second-order valence-corrected chi connectivity index (χ2v) is 6.62. The molecule has 1 N–H and O–H groups in total. The Kier molecular flexibility index (Phi) is 5.93. The highest BCUT2D eigenvalue weighted by molar-refractivity contribution is 7.16. The number of rotatable bonds is 6. The molecule has 1 aromatic carbocycles. The van der Waals surface area contributed by atoms with E-state index >= 15 is 0 Å². The molecule has 1 aromatic heterocycles. The van der Waals surface area contributed by atoms with E-state index < -0.39 is 5.97 Å². The number of methoxy groups -OCH3 is 1. The first-order valence-corrected chi connectivity index (χ1v) is 8.37. The number of benzene rings is 1. The number of thiophene rings is 1. The van der Waals surface area contributed by atoms with Crippen LogP contribution in [-0.4, -0.2) is 31.4 Å². The zero-order chi connectivity index (χ0) is 18.6. The van der Waals surface area contributed by atoms with Gasteiger partial charge in [-0.25, -0.2) is 4.79 Å². The third-order valence-corrected chi connectivity index (χ3v) is 4.73. The van der Waals surface area contributed by atoms with E-state index in [1.165, 1.54) is 25.4 Å². The van der Waals surface area contributed by atoms with Crippen LogP contribution in [0, 0.1) is 13.8 Å². The molecule has 0 atom stereocenters. The molecule has 25 heavy (non-hydrogen) atoms. The largest absolute Gasteiger partial charge is 0.497 e. The van der Waals surface area contributed by atoms with E-state index in [1.807, 2.05) is 6.92 Å². The lowest BCUT2D eigenvalue weighted by molar-refractivity contribution is -0.114. The second-order valence-electron chi connectivity index (χ2n) is 5.40. The van der Waals surface area contributed by atoms with E-state index in [1.54, 1.807) is 31.2 Å². The van der Waals surface area contributed by atoms with Crippen LogP contribution in [0.5, 0.6) is 5.75 Å². The highest BCUT2D eigenvalue weighted by Crippen LogP contribution is 2.33. The van der Waals surface area contributed by atoms with Crippen molar-refractivity contribution in [3.63, 3.8) is 0 Å². The molecule has 0 aliphatic rings. The lowest BCUT2D eigenvalue weighted by atomic mass is 10.1. The Balaban J connectivity index is 2.12. The highest BCUT2D eigenvalue weighted by Gasteiger charge is 2.22. The van der Waals surface area contributed by atoms with Crippen LogP contribution in [0.2, 0.25) is 0 Å². The number of ketones is 1. The smallest absolute Gasteiger partial charge is 0.341 e. The third kappa shape index (κ3) is 4.45. The predicted molar refractivity (Wildman–Crippen MR) is 95.7 cm³/mol. The topological polar surface area (TPSA) is 81.7 Å². The number of ether oxygens (including phenoxy) is 2. The van der Waals surface area contributed by atoms with Crippen molar-refractivity contribution in [2.75, 3.05) is 19.0 Å². The molecular formula is C18H19NO5S. The molecule has 0 radical (unpaired) electrons. The second kappa shape index (κ2) is 7.94. The molecule has 6 nitrogen and oxygen atoms in total. The summed E-state index contributed by atoms with van der Waals surface area (Å²) in [5, 5.41) is 3.06. The van der Waals surface area contributed by atoms with Crippen molar-refractivity contribution >= 4 is 34.0 Å². The van der Waals surface area contributed by atoms with Crippen molar-refractivity contribution in [2.45, 2.75) is 20.8 Å². The van der Waals surface area contributed by atoms with E-state index in [2.05, 4.69) is 5.32 Å². The van der Waals surface area contributed by atoms with Gasteiger partial charge in [0, 0.05) is 17.4 Å². The summed E-state index contributed by atoms with van der Waals surface area (Å²) in [6.45, 7) is 4.60. The first-order valence-electron chi connectivity index (χ1n) is 7.55. The molecule has 0 aliphatic carbocycles. The van der Waals surface area contributed by atoms with Crippen LogP contribution >= 0.6 is 11.3 Å². The van der Waals surface area contributed by atoms with Crippen molar-refractivity contribution in [1.82, 2.24) is 0 Å². The van der Waals surface area contributed by atoms with Gasteiger partial charge in [-0.3, -0.25) is 9.59 Å². The van der Waals surface area contributed by atoms with Crippen LogP contribution in [0.25, 0.3) is 0 Å². The number of esters is 1. The summed E-state index contributed by atoms with van der Waals surface area (Å²) in [5.74, 6) is -0.697. The molecule has 0 unspecified atom stereocenters. The zero-order valence-electron chi connectivity index (χ0n) is 14.5. The van der Waals surface area contributed by atoms with Gasteiger partial charge in [-0.05, 0) is 31.5 Å². The third-order valence-electron chi connectivity index (χ3n) is 3.61. The van der Waals surface area contributed by atoms with Crippen LogP contribution in [0.4, 0.5) is 5.00 Å². The van der Waals surface area contributed by atoms with E-state index in [4.69, 9.17) is 9.47 Å². The molecule has 7 heteroatoms. The number of carbonyl (C=O) groups excluding carboxylic acids is 3. The number of Topliss-reactive ketones (excluding diaryl/α,β-unsaturated/α-hetero) is 1. The molecule has 132 valence electrons. The van der Waals surface area contributed by atoms with Crippen molar-refractivity contribution in [3.05, 3.63) is 45.8 Å². The maximum atomic E-state index is 12.4. The number of hydrogen-bond donors (Lipinski definition) is 1. The lowest BCUT2D eigenvalue weighted by Crippen LogP contribution is -2.16.